The minimum atomic E-state index is 0.696. The van der Waals surface area contributed by atoms with Gasteiger partial charge in [-0.25, -0.2) is 4.98 Å². The van der Waals surface area contributed by atoms with Crippen LogP contribution in [0.2, 0.25) is 0 Å². The Bertz CT molecular complexity index is 503. The Balaban J connectivity index is 1.76. The van der Waals surface area contributed by atoms with Gasteiger partial charge in [-0.3, -0.25) is 0 Å². The van der Waals surface area contributed by atoms with Crippen molar-refractivity contribution in [2.75, 3.05) is 12.3 Å². The fourth-order valence-electron chi connectivity index (χ4n) is 1.66. The van der Waals surface area contributed by atoms with Crippen LogP contribution in [0.1, 0.15) is 22.0 Å². The van der Waals surface area contributed by atoms with Gasteiger partial charge in [0.05, 0.1) is 17.3 Å². The summed E-state index contributed by atoms with van der Waals surface area (Å²) in [4.78, 5) is 5.82. The number of aryl methyl sites for hydroxylation is 3. The zero-order valence-electron chi connectivity index (χ0n) is 10.8. The van der Waals surface area contributed by atoms with E-state index in [1.165, 1.54) is 9.88 Å². The molecule has 18 heavy (non-hydrogen) atoms. The maximum Gasteiger partial charge on any atom is 0.121 e. The van der Waals surface area contributed by atoms with E-state index in [9.17, 15) is 0 Å². The largest absolute Gasteiger partial charge is 0.494 e. The number of aromatic nitrogens is 1. The van der Waals surface area contributed by atoms with E-state index in [-0.39, 0.29) is 0 Å². The fraction of sp³-hybridized carbons (Fsp3) is 0.357. The number of nitrogens with two attached hydrogens (primary N) is 1. The van der Waals surface area contributed by atoms with Gasteiger partial charge in [0.1, 0.15) is 5.75 Å². The third-order valence-corrected chi connectivity index (χ3v) is 3.87. The Morgan fingerprint density at radius 1 is 1.33 bits per heavy atom. The number of benzene rings is 1. The molecular weight excluding hydrogens is 244 g/mol. The lowest BCUT2D eigenvalue weighted by atomic mass is 10.3. The molecule has 2 rings (SSSR count). The lowest BCUT2D eigenvalue weighted by Gasteiger charge is -2.05. The molecule has 96 valence electrons. The van der Waals surface area contributed by atoms with Crippen molar-refractivity contribution in [3.05, 3.63) is 39.8 Å². The molecule has 0 saturated carbocycles. The topological polar surface area (TPSA) is 48.1 Å². The number of anilines is 1. The van der Waals surface area contributed by atoms with Gasteiger partial charge in [-0.1, -0.05) is 6.07 Å². The molecule has 1 aromatic heterocycles. The van der Waals surface area contributed by atoms with Crippen LogP contribution in [-0.2, 0) is 6.42 Å². The van der Waals surface area contributed by atoms with Crippen molar-refractivity contribution in [1.82, 2.24) is 4.98 Å². The molecule has 0 fully saturated rings. The molecule has 3 nitrogen and oxygen atoms in total. The fourth-order valence-corrected chi connectivity index (χ4v) is 2.64. The lowest BCUT2D eigenvalue weighted by Crippen LogP contribution is -1.99. The Kier molecular flexibility index (Phi) is 4.20. The number of ether oxygens (including phenoxy) is 1. The van der Waals surface area contributed by atoms with Crippen LogP contribution in [0.5, 0.6) is 5.75 Å². The Morgan fingerprint density at radius 3 is 2.83 bits per heavy atom. The van der Waals surface area contributed by atoms with E-state index in [0.717, 1.165) is 30.0 Å². The highest BCUT2D eigenvalue weighted by atomic mass is 32.1. The highest BCUT2D eigenvalue weighted by molar-refractivity contribution is 7.11. The van der Waals surface area contributed by atoms with Crippen molar-refractivity contribution in [2.45, 2.75) is 26.7 Å². The second-order valence-corrected chi connectivity index (χ2v) is 5.56. The number of thiazole rings is 1. The predicted octanol–water partition coefficient (Wildman–Crippen LogP) is 3.35. The third kappa shape index (κ3) is 3.47. The Labute approximate surface area is 112 Å². The quantitative estimate of drug-likeness (QED) is 0.664. The first-order valence-electron chi connectivity index (χ1n) is 6.06. The first-order valence-corrected chi connectivity index (χ1v) is 6.88. The summed E-state index contributed by atoms with van der Waals surface area (Å²) >= 11 is 1.78. The van der Waals surface area contributed by atoms with Crippen molar-refractivity contribution in [3.8, 4) is 5.75 Å². The van der Waals surface area contributed by atoms with Crippen molar-refractivity contribution < 1.29 is 4.74 Å². The van der Waals surface area contributed by atoms with Crippen LogP contribution in [0.25, 0.3) is 0 Å². The molecule has 2 aromatic rings. The molecular formula is C14H18N2OS. The number of nitrogen functional groups attached to an aromatic ring is 1. The van der Waals surface area contributed by atoms with Crippen molar-refractivity contribution in [3.63, 3.8) is 0 Å². The average Bonchev–Trinajstić information content (AvgIpc) is 2.65. The van der Waals surface area contributed by atoms with E-state index in [2.05, 4.69) is 18.8 Å². The molecule has 0 aliphatic rings. The normalized spacial score (nSPS) is 10.6. The number of hydrogen-bond donors (Lipinski definition) is 1. The summed E-state index contributed by atoms with van der Waals surface area (Å²) in [6.07, 6.45) is 1.95. The molecule has 0 amide bonds. The number of nitrogens with zero attached hydrogens (tertiary/aromatic N) is 1. The molecule has 2 N–H and O–H groups in total. The minimum absolute atomic E-state index is 0.696. The number of rotatable bonds is 5. The number of hydrogen-bond acceptors (Lipinski definition) is 4. The smallest absolute Gasteiger partial charge is 0.121 e. The van der Waals surface area contributed by atoms with Gasteiger partial charge in [0.15, 0.2) is 0 Å². The van der Waals surface area contributed by atoms with Gasteiger partial charge < -0.3 is 10.5 Å². The maximum atomic E-state index is 5.68. The molecule has 0 radical (unpaired) electrons. The van der Waals surface area contributed by atoms with Gasteiger partial charge in [0.2, 0.25) is 0 Å². The summed E-state index contributed by atoms with van der Waals surface area (Å²) in [6, 6.07) is 7.53. The SMILES string of the molecule is Cc1nc(CCCOc2cccc(N)c2)sc1C. The first-order chi connectivity index (χ1) is 8.65. The molecule has 0 aliphatic carbocycles. The molecule has 1 heterocycles. The monoisotopic (exact) mass is 262 g/mol. The van der Waals surface area contributed by atoms with E-state index in [0.29, 0.717) is 6.61 Å². The first kappa shape index (κ1) is 12.9. The molecule has 0 spiro atoms. The van der Waals surface area contributed by atoms with Crippen LogP contribution < -0.4 is 10.5 Å². The molecule has 4 heteroatoms. The molecule has 0 atom stereocenters. The summed E-state index contributed by atoms with van der Waals surface area (Å²) in [5.74, 6) is 0.835. The van der Waals surface area contributed by atoms with Crippen LogP contribution in [-0.4, -0.2) is 11.6 Å². The minimum Gasteiger partial charge on any atom is -0.494 e. The van der Waals surface area contributed by atoms with Crippen molar-refractivity contribution in [1.29, 1.82) is 0 Å². The van der Waals surface area contributed by atoms with E-state index in [4.69, 9.17) is 10.5 Å². The highest BCUT2D eigenvalue weighted by Gasteiger charge is 2.03. The molecule has 0 unspecified atom stereocenters. The third-order valence-electron chi connectivity index (χ3n) is 2.73. The lowest BCUT2D eigenvalue weighted by molar-refractivity contribution is 0.311. The Hall–Kier alpha value is -1.55. The van der Waals surface area contributed by atoms with Crippen LogP contribution in [0, 0.1) is 13.8 Å². The maximum absolute atomic E-state index is 5.68. The van der Waals surface area contributed by atoms with E-state index >= 15 is 0 Å². The zero-order valence-corrected chi connectivity index (χ0v) is 11.6. The molecule has 1 aromatic carbocycles. The zero-order chi connectivity index (χ0) is 13.0. The predicted molar refractivity (Wildman–Crippen MR) is 76.3 cm³/mol. The second-order valence-electron chi connectivity index (χ2n) is 4.27. The van der Waals surface area contributed by atoms with Gasteiger partial charge in [-0.2, -0.15) is 0 Å². The van der Waals surface area contributed by atoms with Gasteiger partial charge in [0, 0.05) is 23.1 Å². The van der Waals surface area contributed by atoms with Gasteiger partial charge >= 0.3 is 0 Å². The van der Waals surface area contributed by atoms with Crippen molar-refractivity contribution in [2.24, 2.45) is 0 Å². The molecule has 0 bridgehead atoms. The summed E-state index contributed by atoms with van der Waals surface area (Å²) in [5, 5.41) is 1.20. The van der Waals surface area contributed by atoms with Crippen LogP contribution >= 0.6 is 11.3 Å². The van der Waals surface area contributed by atoms with Crippen molar-refractivity contribution >= 4 is 17.0 Å². The second kappa shape index (κ2) is 5.87. The van der Waals surface area contributed by atoms with Gasteiger partial charge in [-0.15, -0.1) is 11.3 Å². The molecule has 0 aliphatic heterocycles. The van der Waals surface area contributed by atoms with Crippen LogP contribution in [0.4, 0.5) is 5.69 Å². The average molecular weight is 262 g/mol. The summed E-state index contributed by atoms with van der Waals surface area (Å²) in [5.41, 5.74) is 7.56. The standard InChI is InChI=1S/C14H18N2OS/c1-10-11(2)18-14(16-10)7-4-8-17-13-6-3-5-12(15)9-13/h3,5-6,9H,4,7-8,15H2,1-2H3. The summed E-state index contributed by atoms with van der Waals surface area (Å²) < 4.78 is 5.64. The highest BCUT2D eigenvalue weighted by Crippen LogP contribution is 2.18. The van der Waals surface area contributed by atoms with Gasteiger partial charge in [-0.05, 0) is 32.4 Å². The summed E-state index contributed by atoms with van der Waals surface area (Å²) in [7, 11) is 0. The Morgan fingerprint density at radius 2 is 2.17 bits per heavy atom. The van der Waals surface area contributed by atoms with Gasteiger partial charge in [0.25, 0.3) is 0 Å². The van der Waals surface area contributed by atoms with E-state index in [1.807, 2.05) is 24.3 Å². The van der Waals surface area contributed by atoms with E-state index in [1.54, 1.807) is 11.3 Å². The van der Waals surface area contributed by atoms with E-state index < -0.39 is 0 Å². The summed E-state index contributed by atoms with van der Waals surface area (Å²) in [6.45, 7) is 4.86. The van der Waals surface area contributed by atoms with Crippen LogP contribution in [0.3, 0.4) is 0 Å². The van der Waals surface area contributed by atoms with Crippen LogP contribution in [0.15, 0.2) is 24.3 Å². The molecule has 0 saturated heterocycles.